The van der Waals surface area contributed by atoms with E-state index in [4.69, 9.17) is 14.5 Å². The number of methoxy groups -OCH3 is 1. The molecule has 0 aliphatic carbocycles. The Morgan fingerprint density at radius 1 is 1.06 bits per heavy atom. The molecule has 32 heavy (non-hydrogen) atoms. The van der Waals surface area contributed by atoms with Crippen LogP contribution in [0.3, 0.4) is 0 Å². The van der Waals surface area contributed by atoms with Crippen LogP contribution in [0.5, 0.6) is 0 Å². The number of pyridine rings is 2. The summed E-state index contributed by atoms with van der Waals surface area (Å²) in [7, 11) is 1.33. The minimum absolute atomic E-state index is 0.238. The number of benzene rings is 2. The predicted molar refractivity (Wildman–Crippen MR) is 124 cm³/mol. The number of rotatable bonds is 5. The second-order valence-electron chi connectivity index (χ2n) is 7.41. The molecule has 162 valence electrons. The Morgan fingerprint density at radius 2 is 1.88 bits per heavy atom. The molecule has 2 aromatic heterocycles. The standard InChI is InChI=1S/C25H23N3O4/c1-5-32-25(30)19-13-26-22-18-11-14(2)9-10-20(18)27-15(3)21(22)23(19)28-17-8-6-7-16(12-17)24(29)31-4/h6-13H,5H2,1-4H3,(H,26,28). The molecule has 0 aliphatic rings. The van der Waals surface area contributed by atoms with Gasteiger partial charge in [0.1, 0.15) is 5.56 Å². The molecule has 7 nitrogen and oxygen atoms in total. The van der Waals surface area contributed by atoms with Gasteiger partial charge in [0.25, 0.3) is 0 Å². The third-order valence-electron chi connectivity index (χ3n) is 5.18. The Labute approximate surface area is 185 Å². The van der Waals surface area contributed by atoms with Crippen molar-refractivity contribution in [2.24, 2.45) is 0 Å². The molecular weight excluding hydrogens is 406 g/mol. The highest BCUT2D eigenvalue weighted by molar-refractivity contribution is 6.14. The summed E-state index contributed by atoms with van der Waals surface area (Å²) < 4.78 is 10.1. The zero-order chi connectivity index (χ0) is 22.8. The molecule has 0 atom stereocenters. The average molecular weight is 429 g/mol. The van der Waals surface area contributed by atoms with Gasteiger partial charge in [-0.25, -0.2) is 9.59 Å². The number of esters is 2. The van der Waals surface area contributed by atoms with Crippen LogP contribution in [-0.2, 0) is 9.47 Å². The van der Waals surface area contributed by atoms with E-state index in [1.54, 1.807) is 25.1 Å². The molecule has 0 saturated heterocycles. The lowest BCUT2D eigenvalue weighted by Crippen LogP contribution is -2.10. The Morgan fingerprint density at radius 3 is 2.62 bits per heavy atom. The Bertz CT molecular complexity index is 1360. The van der Waals surface area contributed by atoms with Gasteiger partial charge in [0.05, 0.1) is 36.0 Å². The number of aromatic nitrogens is 2. The third-order valence-corrected chi connectivity index (χ3v) is 5.18. The summed E-state index contributed by atoms with van der Waals surface area (Å²) in [4.78, 5) is 34.1. The lowest BCUT2D eigenvalue weighted by molar-refractivity contribution is 0.0526. The highest BCUT2D eigenvalue weighted by Gasteiger charge is 2.21. The largest absolute Gasteiger partial charge is 0.465 e. The van der Waals surface area contributed by atoms with Crippen LogP contribution in [0.4, 0.5) is 11.4 Å². The lowest BCUT2D eigenvalue weighted by atomic mass is 10.0. The maximum absolute atomic E-state index is 12.8. The number of hydrogen-bond acceptors (Lipinski definition) is 7. The van der Waals surface area contributed by atoms with Crippen molar-refractivity contribution in [3.8, 4) is 0 Å². The molecule has 1 N–H and O–H groups in total. The van der Waals surface area contributed by atoms with Gasteiger partial charge in [0, 0.05) is 28.4 Å². The van der Waals surface area contributed by atoms with Crippen LogP contribution in [0.25, 0.3) is 21.8 Å². The normalized spacial score (nSPS) is 10.9. The summed E-state index contributed by atoms with van der Waals surface area (Å²) in [6.07, 6.45) is 1.52. The van der Waals surface area contributed by atoms with Gasteiger partial charge in [-0.05, 0) is 51.1 Å². The minimum Gasteiger partial charge on any atom is -0.465 e. The van der Waals surface area contributed by atoms with Gasteiger partial charge < -0.3 is 14.8 Å². The fourth-order valence-electron chi connectivity index (χ4n) is 3.72. The maximum atomic E-state index is 12.8. The Hall–Kier alpha value is -4.00. The van der Waals surface area contributed by atoms with Crippen molar-refractivity contribution < 1.29 is 19.1 Å². The van der Waals surface area contributed by atoms with Gasteiger partial charge in [0.2, 0.25) is 0 Å². The fraction of sp³-hybridized carbons (Fsp3) is 0.200. The van der Waals surface area contributed by atoms with E-state index in [2.05, 4.69) is 10.3 Å². The van der Waals surface area contributed by atoms with Crippen molar-refractivity contribution in [1.29, 1.82) is 0 Å². The first-order chi connectivity index (χ1) is 15.4. The molecule has 0 radical (unpaired) electrons. The number of carbonyl (C=O) groups excluding carboxylic acids is 2. The zero-order valence-corrected chi connectivity index (χ0v) is 18.4. The SMILES string of the molecule is CCOC(=O)c1cnc2c(c(C)nc3ccc(C)cc32)c1Nc1cccc(C(=O)OC)c1. The van der Waals surface area contributed by atoms with Gasteiger partial charge >= 0.3 is 11.9 Å². The van der Waals surface area contributed by atoms with Crippen LogP contribution < -0.4 is 5.32 Å². The molecular formula is C25H23N3O4. The van der Waals surface area contributed by atoms with Gasteiger partial charge in [-0.15, -0.1) is 0 Å². The second kappa shape index (κ2) is 8.63. The van der Waals surface area contributed by atoms with Crippen molar-refractivity contribution in [1.82, 2.24) is 9.97 Å². The first kappa shape index (κ1) is 21.2. The quantitative estimate of drug-likeness (QED) is 0.348. The van der Waals surface area contributed by atoms with Crippen LogP contribution in [0, 0.1) is 13.8 Å². The third kappa shape index (κ3) is 3.85. The van der Waals surface area contributed by atoms with E-state index in [0.717, 1.165) is 33.1 Å². The second-order valence-corrected chi connectivity index (χ2v) is 7.41. The maximum Gasteiger partial charge on any atom is 0.341 e. The van der Waals surface area contributed by atoms with Crippen molar-refractivity contribution in [3.63, 3.8) is 0 Å². The molecule has 0 aliphatic heterocycles. The van der Waals surface area contributed by atoms with E-state index >= 15 is 0 Å². The van der Waals surface area contributed by atoms with E-state index in [9.17, 15) is 9.59 Å². The van der Waals surface area contributed by atoms with Gasteiger partial charge in [-0.1, -0.05) is 17.7 Å². The van der Waals surface area contributed by atoms with Crippen LogP contribution in [0.2, 0.25) is 0 Å². The highest BCUT2D eigenvalue weighted by Crippen LogP contribution is 2.35. The summed E-state index contributed by atoms with van der Waals surface area (Å²) in [6.45, 7) is 5.88. The molecule has 0 saturated carbocycles. The van der Waals surface area contributed by atoms with Crippen LogP contribution in [0.1, 0.15) is 38.9 Å². The zero-order valence-electron chi connectivity index (χ0n) is 18.4. The van der Waals surface area contributed by atoms with E-state index in [1.165, 1.54) is 13.3 Å². The number of hydrogen-bond donors (Lipinski definition) is 1. The number of anilines is 2. The lowest BCUT2D eigenvalue weighted by Gasteiger charge is -2.17. The number of fused-ring (bicyclic) bond motifs is 3. The topological polar surface area (TPSA) is 90.4 Å². The molecule has 2 heterocycles. The van der Waals surface area contributed by atoms with E-state index in [0.29, 0.717) is 22.5 Å². The molecule has 7 heteroatoms. The summed E-state index contributed by atoms with van der Waals surface area (Å²) in [5.74, 6) is -0.935. The smallest absolute Gasteiger partial charge is 0.341 e. The van der Waals surface area contributed by atoms with E-state index in [-0.39, 0.29) is 6.61 Å². The predicted octanol–water partition coefficient (Wildman–Crippen LogP) is 5.11. The molecule has 0 amide bonds. The molecule has 2 aromatic carbocycles. The number of carbonyl (C=O) groups is 2. The molecule has 0 spiro atoms. The average Bonchev–Trinajstić information content (AvgIpc) is 2.79. The molecule has 0 fully saturated rings. The number of nitrogens with one attached hydrogen (secondary N) is 1. The number of nitrogens with zero attached hydrogens (tertiary/aromatic N) is 2. The first-order valence-electron chi connectivity index (χ1n) is 10.2. The number of ether oxygens (including phenoxy) is 2. The van der Waals surface area contributed by atoms with Crippen molar-refractivity contribution in [3.05, 3.63) is 71.0 Å². The van der Waals surface area contributed by atoms with Crippen LogP contribution in [-0.4, -0.2) is 35.6 Å². The molecule has 0 bridgehead atoms. The van der Waals surface area contributed by atoms with Gasteiger partial charge in [-0.3, -0.25) is 9.97 Å². The van der Waals surface area contributed by atoms with Gasteiger partial charge in [-0.2, -0.15) is 0 Å². The van der Waals surface area contributed by atoms with Crippen molar-refractivity contribution in [2.45, 2.75) is 20.8 Å². The summed E-state index contributed by atoms with van der Waals surface area (Å²) >= 11 is 0. The molecule has 4 aromatic rings. The fourth-order valence-corrected chi connectivity index (χ4v) is 3.72. The molecule has 4 rings (SSSR count). The van der Waals surface area contributed by atoms with E-state index in [1.807, 2.05) is 38.1 Å². The minimum atomic E-state index is -0.489. The Kier molecular flexibility index (Phi) is 5.73. The van der Waals surface area contributed by atoms with Gasteiger partial charge in [0.15, 0.2) is 0 Å². The summed E-state index contributed by atoms with van der Waals surface area (Å²) in [5, 5.41) is 4.92. The summed E-state index contributed by atoms with van der Waals surface area (Å²) in [5.41, 5.74) is 5.21. The van der Waals surface area contributed by atoms with E-state index < -0.39 is 11.9 Å². The van der Waals surface area contributed by atoms with Crippen molar-refractivity contribution >= 4 is 45.1 Å². The Balaban J connectivity index is 1.98. The first-order valence-corrected chi connectivity index (χ1v) is 10.2. The van der Waals surface area contributed by atoms with Crippen LogP contribution >= 0.6 is 0 Å². The van der Waals surface area contributed by atoms with Crippen LogP contribution in [0.15, 0.2) is 48.7 Å². The highest BCUT2D eigenvalue weighted by atomic mass is 16.5. The number of aryl methyl sites for hydroxylation is 2. The van der Waals surface area contributed by atoms with Crippen molar-refractivity contribution in [2.75, 3.05) is 19.0 Å². The monoisotopic (exact) mass is 429 g/mol. The molecule has 0 unspecified atom stereocenters. The summed E-state index contributed by atoms with van der Waals surface area (Å²) in [6, 6.07) is 12.9.